The van der Waals surface area contributed by atoms with Crippen LogP contribution in [0.3, 0.4) is 0 Å². The van der Waals surface area contributed by atoms with Crippen molar-refractivity contribution in [3.8, 4) is 21.8 Å². The number of aromatic nitrogens is 1. The van der Waals surface area contributed by atoms with Gasteiger partial charge in [0.2, 0.25) is 0 Å². The molecule has 3 heteroatoms. The second-order valence-corrected chi connectivity index (χ2v) is 6.92. The van der Waals surface area contributed by atoms with Crippen LogP contribution < -0.4 is 0 Å². The van der Waals surface area contributed by atoms with E-state index in [9.17, 15) is 0 Å². The lowest BCUT2D eigenvalue weighted by Crippen LogP contribution is -1.81. The predicted octanol–water partition coefficient (Wildman–Crippen LogP) is 5.86. The van der Waals surface area contributed by atoms with E-state index in [2.05, 4.69) is 66.2 Å². The molecule has 2 aromatic carbocycles. The Balaban J connectivity index is 2.05. The molecule has 0 saturated heterocycles. The van der Waals surface area contributed by atoms with Crippen LogP contribution in [0.5, 0.6) is 0 Å². The van der Waals surface area contributed by atoms with Gasteiger partial charge in [0.15, 0.2) is 0 Å². The Labute approximate surface area is 131 Å². The number of thiazole rings is 1. The number of benzene rings is 2. The van der Waals surface area contributed by atoms with Gasteiger partial charge in [0.1, 0.15) is 5.01 Å². The summed E-state index contributed by atoms with van der Waals surface area (Å²) in [6.45, 7) is 4.23. The zero-order valence-electron chi connectivity index (χ0n) is 11.4. The monoisotopic (exact) mass is 343 g/mol. The number of halogens is 1. The van der Waals surface area contributed by atoms with Gasteiger partial charge in [-0.25, -0.2) is 4.98 Å². The van der Waals surface area contributed by atoms with E-state index in [1.165, 1.54) is 16.0 Å². The van der Waals surface area contributed by atoms with Crippen molar-refractivity contribution in [1.82, 2.24) is 4.98 Å². The lowest BCUT2D eigenvalue weighted by Gasteiger charge is -1.99. The van der Waals surface area contributed by atoms with E-state index in [1.54, 1.807) is 11.3 Å². The summed E-state index contributed by atoms with van der Waals surface area (Å²) in [6.07, 6.45) is 0. The third-order valence-corrected chi connectivity index (χ3v) is 4.71. The highest BCUT2D eigenvalue weighted by atomic mass is 79.9. The van der Waals surface area contributed by atoms with Gasteiger partial charge in [-0.3, -0.25) is 0 Å². The van der Waals surface area contributed by atoms with E-state index < -0.39 is 0 Å². The van der Waals surface area contributed by atoms with Crippen LogP contribution in [0, 0.1) is 13.8 Å². The van der Waals surface area contributed by atoms with E-state index in [-0.39, 0.29) is 0 Å². The quantitative estimate of drug-likeness (QED) is 0.568. The van der Waals surface area contributed by atoms with Crippen LogP contribution in [0.1, 0.15) is 10.4 Å². The molecule has 0 atom stereocenters. The molecule has 3 rings (SSSR count). The second-order valence-electron chi connectivity index (χ2n) is 4.80. The van der Waals surface area contributed by atoms with Crippen LogP contribution in [0.25, 0.3) is 21.8 Å². The molecule has 100 valence electrons. The molecule has 0 aliphatic rings. The van der Waals surface area contributed by atoms with Gasteiger partial charge >= 0.3 is 0 Å². The molecule has 0 aliphatic carbocycles. The molecule has 0 bridgehead atoms. The Morgan fingerprint density at radius 3 is 2.40 bits per heavy atom. The fraction of sp³-hybridized carbons (Fsp3) is 0.118. The minimum atomic E-state index is 1.08. The summed E-state index contributed by atoms with van der Waals surface area (Å²) in [5.41, 5.74) is 4.69. The number of hydrogen-bond donors (Lipinski definition) is 0. The number of hydrogen-bond acceptors (Lipinski definition) is 2. The smallest absolute Gasteiger partial charge is 0.124 e. The summed E-state index contributed by atoms with van der Waals surface area (Å²) in [7, 11) is 0. The molecule has 3 aromatic rings. The normalized spacial score (nSPS) is 10.8. The van der Waals surface area contributed by atoms with Gasteiger partial charge < -0.3 is 0 Å². The molecule has 0 aliphatic heterocycles. The minimum Gasteiger partial charge on any atom is -0.236 e. The first kappa shape index (κ1) is 13.5. The average Bonchev–Trinajstić information content (AvgIpc) is 2.82. The number of rotatable bonds is 2. The summed E-state index contributed by atoms with van der Waals surface area (Å²) in [5, 5.41) is 1.08. The molecule has 0 fully saturated rings. The van der Waals surface area contributed by atoms with Gasteiger partial charge in [-0.1, -0.05) is 57.9 Å². The maximum absolute atomic E-state index is 4.82. The molecule has 1 heterocycles. The summed E-state index contributed by atoms with van der Waals surface area (Å²) < 4.78 is 1.08. The maximum Gasteiger partial charge on any atom is 0.124 e. The molecule has 0 amide bonds. The zero-order valence-corrected chi connectivity index (χ0v) is 13.8. The lowest BCUT2D eigenvalue weighted by atomic mass is 10.1. The third kappa shape index (κ3) is 2.69. The molecule has 0 saturated carbocycles. The lowest BCUT2D eigenvalue weighted by molar-refractivity contribution is 1.36. The molecule has 1 nitrogen and oxygen atoms in total. The molecular weight excluding hydrogens is 330 g/mol. The van der Waals surface area contributed by atoms with Crippen LogP contribution >= 0.6 is 27.3 Å². The summed E-state index contributed by atoms with van der Waals surface area (Å²) >= 11 is 5.27. The van der Waals surface area contributed by atoms with Gasteiger partial charge in [-0.2, -0.15) is 0 Å². The van der Waals surface area contributed by atoms with Crippen molar-refractivity contribution in [2.24, 2.45) is 0 Å². The fourth-order valence-electron chi connectivity index (χ4n) is 2.12. The average molecular weight is 344 g/mol. The van der Waals surface area contributed by atoms with E-state index in [4.69, 9.17) is 4.98 Å². The predicted molar refractivity (Wildman–Crippen MR) is 90.2 cm³/mol. The molecule has 0 radical (unpaired) electrons. The van der Waals surface area contributed by atoms with E-state index in [0.29, 0.717) is 0 Å². The van der Waals surface area contributed by atoms with Crippen LogP contribution in [0.2, 0.25) is 0 Å². The van der Waals surface area contributed by atoms with E-state index in [1.807, 2.05) is 12.1 Å². The van der Waals surface area contributed by atoms with Crippen molar-refractivity contribution in [2.75, 3.05) is 0 Å². The first-order valence-electron chi connectivity index (χ1n) is 6.44. The number of nitrogens with zero attached hydrogens (tertiary/aromatic N) is 1. The van der Waals surface area contributed by atoms with Crippen LogP contribution in [0.4, 0.5) is 0 Å². The molecule has 1 aromatic heterocycles. The van der Waals surface area contributed by atoms with Crippen LogP contribution in [-0.2, 0) is 0 Å². The Morgan fingerprint density at radius 2 is 1.70 bits per heavy atom. The highest BCUT2D eigenvalue weighted by Crippen LogP contribution is 2.34. The molecular formula is C17H14BrNS. The fourth-order valence-corrected chi connectivity index (χ4v) is 3.46. The number of aryl methyl sites for hydroxylation is 2. The molecule has 0 spiro atoms. The summed E-state index contributed by atoms with van der Waals surface area (Å²) in [5.74, 6) is 0. The van der Waals surface area contributed by atoms with Gasteiger partial charge in [0.05, 0.1) is 5.69 Å². The van der Waals surface area contributed by atoms with Crippen molar-refractivity contribution < 1.29 is 0 Å². The van der Waals surface area contributed by atoms with Crippen LogP contribution in [-0.4, -0.2) is 4.98 Å². The minimum absolute atomic E-state index is 1.08. The zero-order chi connectivity index (χ0) is 14.1. The second kappa shape index (κ2) is 5.51. The highest BCUT2D eigenvalue weighted by Gasteiger charge is 2.11. The molecule has 0 unspecified atom stereocenters. The summed E-state index contributed by atoms with van der Waals surface area (Å²) in [6, 6.07) is 16.8. The first-order chi connectivity index (χ1) is 9.63. The van der Waals surface area contributed by atoms with Gasteiger partial charge in [-0.05, 0) is 26.0 Å². The third-order valence-electron chi connectivity index (χ3n) is 3.19. The van der Waals surface area contributed by atoms with E-state index >= 15 is 0 Å². The van der Waals surface area contributed by atoms with Gasteiger partial charge in [0, 0.05) is 20.5 Å². The largest absolute Gasteiger partial charge is 0.236 e. The van der Waals surface area contributed by atoms with Gasteiger partial charge in [0.25, 0.3) is 0 Å². The summed E-state index contributed by atoms with van der Waals surface area (Å²) in [4.78, 5) is 6.07. The van der Waals surface area contributed by atoms with Crippen molar-refractivity contribution in [3.63, 3.8) is 0 Å². The van der Waals surface area contributed by atoms with Crippen molar-refractivity contribution in [2.45, 2.75) is 13.8 Å². The Kier molecular flexibility index (Phi) is 3.72. The Bertz CT molecular complexity index is 744. The Hall–Kier alpha value is -1.45. The van der Waals surface area contributed by atoms with Gasteiger partial charge in [-0.15, -0.1) is 11.3 Å². The van der Waals surface area contributed by atoms with Crippen molar-refractivity contribution >= 4 is 27.3 Å². The maximum atomic E-state index is 4.82. The topological polar surface area (TPSA) is 12.9 Å². The highest BCUT2D eigenvalue weighted by molar-refractivity contribution is 9.10. The van der Waals surface area contributed by atoms with E-state index in [0.717, 1.165) is 20.7 Å². The van der Waals surface area contributed by atoms with Crippen molar-refractivity contribution in [3.05, 3.63) is 63.4 Å². The van der Waals surface area contributed by atoms with Crippen LogP contribution in [0.15, 0.2) is 53.0 Å². The first-order valence-corrected chi connectivity index (χ1v) is 8.05. The Morgan fingerprint density at radius 1 is 0.950 bits per heavy atom. The van der Waals surface area contributed by atoms with Crippen molar-refractivity contribution in [1.29, 1.82) is 0 Å². The molecule has 20 heavy (non-hydrogen) atoms. The molecule has 0 N–H and O–H groups in total. The SMILES string of the molecule is Cc1ccc(-c2nc(-c3cccc(Br)c3)c(C)s2)cc1. The standard InChI is InChI=1S/C17H14BrNS/c1-11-6-8-13(9-7-11)17-19-16(12(2)20-17)14-4-3-5-15(18)10-14/h3-10H,1-2H3.